The summed E-state index contributed by atoms with van der Waals surface area (Å²) in [5.74, 6) is 0. The van der Waals surface area contributed by atoms with Gasteiger partial charge in [0, 0.05) is 15.0 Å². The van der Waals surface area contributed by atoms with Crippen molar-refractivity contribution in [3.05, 3.63) is 71.3 Å². The minimum absolute atomic E-state index is 0.181. The Labute approximate surface area is 126 Å². The number of allylic oxidation sites excluding steroid dienone is 2. The Morgan fingerprint density at radius 2 is 1.95 bits per heavy atom. The molecule has 0 radical (unpaired) electrons. The van der Waals surface area contributed by atoms with Crippen LogP contribution in [-0.2, 0) is 0 Å². The molecule has 3 aliphatic rings. The third kappa shape index (κ3) is 1.58. The van der Waals surface area contributed by atoms with Crippen LogP contribution >= 0.6 is 11.8 Å². The lowest BCUT2D eigenvalue weighted by atomic mass is 10.0. The number of hydrogen-bond acceptors (Lipinski definition) is 3. The van der Waals surface area contributed by atoms with E-state index in [4.69, 9.17) is 4.99 Å². The Balaban J connectivity index is 1.81. The maximum absolute atomic E-state index is 4.81. The van der Waals surface area contributed by atoms with Gasteiger partial charge in [-0.1, -0.05) is 48.2 Å². The maximum Gasteiger partial charge on any atom is 0.0948 e. The summed E-state index contributed by atoms with van der Waals surface area (Å²) in [6.45, 7) is 0. The topological polar surface area (TPSA) is 24.4 Å². The van der Waals surface area contributed by atoms with E-state index in [0.29, 0.717) is 0 Å². The van der Waals surface area contributed by atoms with Crippen molar-refractivity contribution in [2.45, 2.75) is 15.8 Å². The molecule has 5 rings (SSSR count). The fourth-order valence-corrected chi connectivity index (χ4v) is 4.12. The summed E-state index contributed by atoms with van der Waals surface area (Å²) in [7, 11) is 0. The molecule has 2 heterocycles. The van der Waals surface area contributed by atoms with Crippen LogP contribution in [0.15, 0.2) is 75.5 Å². The van der Waals surface area contributed by atoms with E-state index in [1.807, 2.05) is 11.8 Å². The Morgan fingerprint density at radius 3 is 2.95 bits per heavy atom. The quantitative estimate of drug-likeness (QED) is 0.687. The highest BCUT2D eigenvalue weighted by atomic mass is 32.2. The molecule has 21 heavy (non-hydrogen) atoms. The molecule has 3 heteroatoms. The molecule has 0 amide bonds. The van der Waals surface area contributed by atoms with E-state index >= 15 is 0 Å². The summed E-state index contributed by atoms with van der Waals surface area (Å²) in [6, 6.07) is 13.0. The predicted molar refractivity (Wildman–Crippen MR) is 86.5 cm³/mol. The van der Waals surface area contributed by atoms with Crippen molar-refractivity contribution in [1.29, 1.82) is 0 Å². The lowest BCUT2D eigenvalue weighted by Gasteiger charge is -2.21. The molecule has 2 aromatic carbocycles. The van der Waals surface area contributed by atoms with E-state index in [1.54, 1.807) is 0 Å². The van der Waals surface area contributed by atoms with Crippen LogP contribution in [0.3, 0.4) is 0 Å². The van der Waals surface area contributed by atoms with E-state index in [9.17, 15) is 0 Å². The average Bonchev–Trinajstić information content (AvgIpc) is 2.92. The second-order valence-electron chi connectivity index (χ2n) is 5.33. The first-order valence-electron chi connectivity index (χ1n) is 7.04. The van der Waals surface area contributed by atoms with Gasteiger partial charge in [0.05, 0.1) is 22.8 Å². The number of fused-ring (bicyclic) bond motifs is 5. The maximum atomic E-state index is 4.81. The van der Waals surface area contributed by atoms with Crippen molar-refractivity contribution < 1.29 is 0 Å². The predicted octanol–water partition coefficient (Wildman–Crippen LogP) is 3.17. The van der Waals surface area contributed by atoms with E-state index in [0.717, 1.165) is 5.36 Å². The van der Waals surface area contributed by atoms with Crippen LogP contribution in [-0.4, -0.2) is 6.04 Å². The molecule has 0 aromatic heterocycles. The van der Waals surface area contributed by atoms with Gasteiger partial charge in [0.25, 0.3) is 0 Å². The molecule has 0 saturated heterocycles. The Hall–Kier alpha value is -2.26. The van der Waals surface area contributed by atoms with Crippen LogP contribution in [0.25, 0.3) is 5.57 Å². The SMILES string of the molecule is C1=CC2=c3c4c(ccc3=NC2C=C1)Sc1ccccc1N4. The van der Waals surface area contributed by atoms with Crippen LogP contribution in [0.1, 0.15) is 0 Å². The zero-order valence-corrected chi connectivity index (χ0v) is 12.0. The monoisotopic (exact) mass is 288 g/mol. The molecule has 0 saturated carbocycles. The van der Waals surface area contributed by atoms with Gasteiger partial charge in [-0.2, -0.15) is 0 Å². The standard InChI is InChI=1S/C18H12N2S/c1-2-6-12-11(5-1)17-14(19-12)9-10-16-18(17)20-13-7-3-4-8-15(13)21-16/h1-10,12,20H. The number of nitrogens with one attached hydrogen (secondary N) is 1. The van der Waals surface area contributed by atoms with Crippen molar-refractivity contribution in [2.24, 2.45) is 4.99 Å². The molecule has 2 aromatic rings. The molecule has 1 unspecified atom stereocenters. The average molecular weight is 288 g/mol. The van der Waals surface area contributed by atoms with E-state index in [1.165, 1.54) is 32.0 Å². The lowest BCUT2D eigenvalue weighted by Crippen LogP contribution is -2.27. The van der Waals surface area contributed by atoms with Crippen molar-refractivity contribution in [1.82, 2.24) is 0 Å². The van der Waals surface area contributed by atoms with Gasteiger partial charge in [-0.15, -0.1) is 0 Å². The van der Waals surface area contributed by atoms with Crippen molar-refractivity contribution in [2.75, 3.05) is 5.32 Å². The van der Waals surface area contributed by atoms with Gasteiger partial charge < -0.3 is 5.32 Å². The summed E-state index contributed by atoms with van der Waals surface area (Å²) < 4.78 is 0. The second-order valence-corrected chi connectivity index (χ2v) is 6.41. The Kier molecular flexibility index (Phi) is 2.24. The first-order chi connectivity index (χ1) is 10.4. The molecular formula is C18H12N2S. The molecule has 1 aliphatic carbocycles. The number of rotatable bonds is 0. The zero-order chi connectivity index (χ0) is 13.8. The van der Waals surface area contributed by atoms with Crippen LogP contribution in [0.5, 0.6) is 0 Å². The number of hydrogen-bond donors (Lipinski definition) is 1. The summed E-state index contributed by atoms with van der Waals surface area (Å²) >= 11 is 1.83. The molecule has 1 N–H and O–H groups in total. The van der Waals surface area contributed by atoms with E-state index < -0.39 is 0 Å². The van der Waals surface area contributed by atoms with Gasteiger partial charge in [-0.3, -0.25) is 4.99 Å². The van der Waals surface area contributed by atoms with Crippen LogP contribution in [0.2, 0.25) is 0 Å². The van der Waals surface area contributed by atoms with E-state index in [-0.39, 0.29) is 6.04 Å². The largest absolute Gasteiger partial charge is 0.353 e. The normalized spacial score (nSPS) is 20.0. The van der Waals surface area contributed by atoms with Gasteiger partial charge >= 0.3 is 0 Å². The van der Waals surface area contributed by atoms with Crippen molar-refractivity contribution in [3.8, 4) is 0 Å². The number of anilines is 2. The third-order valence-electron chi connectivity index (χ3n) is 4.08. The molecular weight excluding hydrogens is 276 g/mol. The Bertz CT molecular complexity index is 954. The van der Waals surface area contributed by atoms with Gasteiger partial charge in [0.2, 0.25) is 0 Å². The van der Waals surface area contributed by atoms with Crippen molar-refractivity contribution >= 4 is 28.7 Å². The molecule has 100 valence electrons. The lowest BCUT2D eigenvalue weighted by molar-refractivity contribution is 1.03. The highest BCUT2D eigenvalue weighted by molar-refractivity contribution is 7.99. The molecule has 0 bridgehead atoms. The molecule has 1 atom stereocenters. The fourth-order valence-electron chi connectivity index (χ4n) is 3.12. The highest BCUT2D eigenvalue weighted by Gasteiger charge is 2.23. The number of para-hydroxylation sites is 1. The van der Waals surface area contributed by atoms with Gasteiger partial charge in [-0.05, 0) is 29.8 Å². The number of benzene rings is 2. The minimum atomic E-state index is 0.181. The summed E-state index contributed by atoms with van der Waals surface area (Å²) in [6.07, 6.45) is 8.52. The van der Waals surface area contributed by atoms with Gasteiger partial charge in [0.1, 0.15) is 0 Å². The first kappa shape index (κ1) is 11.4. The van der Waals surface area contributed by atoms with E-state index in [2.05, 4.69) is 66.0 Å². The summed E-state index contributed by atoms with van der Waals surface area (Å²) in [5, 5.41) is 5.97. The molecule has 0 spiro atoms. The van der Waals surface area contributed by atoms with Crippen molar-refractivity contribution in [3.63, 3.8) is 0 Å². The molecule has 2 aliphatic heterocycles. The number of nitrogens with zero attached hydrogens (tertiary/aromatic N) is 1. The summed E-state index contributed by atoms with van der Waals surface area (Å²) in [5.41, 5.74) is 3.69. The summed E-state index contributed by atoms with van der Waals surface area (Å²) in [4.78, 5) is 7.37. The molecule has 2 nitrogen and oxygen atoms in total. The third-order valence-corrected chi connectivity index (χ3v) is 5.21. The van der Waals surface area contributed by atoms with Crippen LogP contribution in [0.4, 0.5) is 11.4 Å². The van der Waals surface area contributed by atoms with Gasteiger partial charge in [0.15, 0.2) is 0 Å². The smallest absolute Gasteiger partial charge is 0.0948 e. The van der Waals surface area contributed by atoms with Gasteiger partial charge in [-0.25, -0.2) is 0 Å². The minimum Gasteiger partial charge on any atom is -0.353 e. The van der Waals surface area contributed by atoms with Crippen LogP contribution < -0.4 is 15.9 Å². The van der Waals surface area contributed by atoms with Crippen LogP contribution in [0, 0.1) is 0 Å². The first-order valence-corrected chi connectivity index (χ1v) is 7.86. The fraction of sp³-hybridized carbons (Fsp3) is 0.0556. The second kappa shape index (κ2) is 4.12. The molecule has 0 fully saturated rings. The Morgan fingerprint density at radius 1 is 1.00 bits per heavy atom. The zero-order valence-electron chi connectivity index (χ0n) is 11.2. The highest BCUT2D eigenvalue weighted by Crippen LogP contribution is 2.42.